The molecule has 1 aromatic rings. The summed E-state index contributed by atoms with van der Waals surface area (Å²) in [5.41, 5.74) is 0.855. The van der Waals surface area contributed by atoms with Gasteiger partial charge in [-0.15, -0.1) is 0 Å². The minimum absolute atomic E-state index is 0.0758. The normalized spacial score (nSPS) is 17.6. The Morgan fingerprint density at radius 1 is 1.21 bits per heavy atom. The maximum atomic E-state index is 12.5. The molecule has 28 heavy (non-hydrogen) atoms. The molecule has 0 radical (unpaired) electrons. The van der Waals surface area contributed by atoms with Crippen LogP contribution in [0.15, 0.2) is 35.7 Å². The fourth-order valence-corrected chi connectivity index (χ4v) is 4.74. The highest BCUT2D eigenvalue weighted by Gasteiger charge is 2.30. The van der Waals surface area contributed by atoms with Gasteiger partial charge in [-0.25, -0.2) is 8.42 Å². The fourth-order valence-electron chi connectivity index (χ4n) is 3.52. The van der Waals surface area contributed by atoms with E-state index < -0.39 is 10.0 Å². The van der Waals surface area contributed by atoms with Crippen molar-refractivity contribution in [3.63, 3.8) is 0 Å². The average molecular weight is 407 g/mol. The minimum Gasteiger partial charge on any atom is -0.356 e. The Balaban J connectivity index is 1.81. The number of sulfonamides is 1. The number of unbranched alkanes of at least 4 members (excludes halogenated alkanes) is 1. The Kier molecular flexibility index (Phi) is 9.19. The van der Waals surface area contributed by atoms with Crippen LogP contribution in [0.4, 0.5) is 0 Å². The predicted octanol–water partition coefficient (Wildman–Crippen LogP) is 4.03. The van der Waals surface area contributed by atoms with Crippen molar-refractivity contribution >= 4 is 22.0 Å². The quantitative estimate of drug-likeness (QED) is 0.638. The average Bonchev–Trinajstić information content (AvgIpc) is 2.73. The van der Waals surface area contributed by atoms with Crippen LogP contribution in [0.2, 0.25) is 0 Å². The van der Waals surface area contributed by atoms with Gasteiger partial charge in [-0.2, -0.15) is 4.31 Å². The first-order valence-electron chi connectivity index (χ1n) is 10.5. The van der Waals surface area contributed by atoms with Crippen LogP contribution in [-0.4, -0.2) is 38.3 Å². The lowest BCUT2D eigenvalue weighted by atomic mass is 9.95. The summed E-state index contributed by atoms with van der Waals surface area (Å²) >= 11 is 0. The number of amides is 1. The molecule has 1 amide bonds. The molecule has 0 aromatic heterocycles. The molecule has 1 aliphatic heterocycles. The maximum absolute atomic E-state index is 12.5. The van der Waals surface area contributed by atoms with Crippen LogP contribution < -0.4 is 5.32 Å². The molecule has 0 saturated carbocycles. The standard InChI is InChI=1S/C22H34N2O3S/c1-3-5-9-19(4-2)18-23-22(25)21-12-15-24(16-13-21)28(26,27)17-14-20-10-7-6-8-11-20/h6-8,10-11,14,17,19,21H,3-5,9,12-13,15-16,18H2,1-2H3,(H,23,25)/b17-14+. The third-order valence-electron chi connectivity index (χ3n) is 5.52. The molecule has 0 bridgehead atoms. The van der Waals surface area contributed by atoms with Gasteiger partial charge in [-0.05, 0) is 36.8 Å². The third-order valence-corrected chi connectivity index (χ3v) is 7.09. The van der Waals surface area contributed by atoms with E-state index in [1.54, 1.807) is 6.08 Å². The molecule has 2 rings (SSSR count). The van der Waals surface area contributed by atoms with E-state index >= 15 is 0 Å². The lowest BCUT2D eigenvalue weighted by Crippen LogP contribution is -2.43. The molecule has 1 fully saturated rings. The van der Waals surface area contributed by atoms with E-state index in [0.717, 1.165) is 24.9 Å². The van der Waals surface area contributed by atoms with Crippen molar-refractivity contribution in [2.24, 2.45) is 11.8 Å². The zero-order valence-corrected chi connectivity index (χ0v) is 18.0. The SMILES string of the molecule is CCCCC(CC)CNC(=O)C1CCN(S(=O)(=O)/C=C/c2ccccc2)CC1. The summed E-state index contributed by atoms with van der Waals surface area (Å²) in [5.74, 6) is 0.521. The van der Waals surface area contributed by atoms with E-state index in [4.69, 9.17) is 0 Å². The van der Waals surface area contributed by atoms with E-state index in [-0.39, 0.29) is 11.8 Å². The number of benzene rings is 1. The van der Waals surface area contributed by atoms with Gasteiger partial charge in [0.25, 0.3) is 0 Å². The number of nitrogens with one attached hydrogen (secondary N) is 1. The lowest BCUT2D eigenvalue weighted by Gasteiger charge is -2.30. The molecule has 1 saturated heterocycles. The Morgan fingerprint density at radius 3 is 2.50 bits per heavy atom. The molecule has 1 unspecified atom stereocenters. The van der Waals surface area contributed by atoms with Crippen molar-refractivity contribution in [1.29, 1.82) is 0 Å². The van der Waals surface area contributed by atoms with Crippen LogP contribution in [0.25, 0.3) is 6.08 Å². The summed E-state index contributed by atoms with van der Waals surface area (Å²) < 4.78 is 26.5. The molecule has 1 heterocycles. The molecule has 6 heteroatoms. The molecule has 1 aliphatic rings. The minimum atomic E-state index is -3.45. The van der Waals surface area contributed by atoms with Crippen molar-refractivity contribution in [3.8, 4) is 0 Å². The summed E-state index contributed by atoms with van der Waals surface area (Å²) in [4.78, 5) is 12.5. The van der Waals surface area contributed by atoms with Crippen LogP contribution in [-0.2, 0) is 14.8 Å². The number of piperidine rings is 1. The second-order valence-corrected chi connectivity index (χ2v) is 9.41. The van der Waals surface area contributed by atoms with Crippen LogP contribution in [0.5, 0.6) is 0 Å². The van der Waals surface area contributed by atoms with Crippen molar-refractivity contribution in [2.45, 2.75) is 52.4 Å². The Bertz CT molecular complexity index is 723. The topological polar surface area (TPSA) is 66.5 Å². The zero-order chi connectivity index (χ0) is 20.4. The molecule has 1 atom stereocenters. The first kappa shape index (κ1) is 22.6. The van der Waals surface area contributed by atoms with Crippen molar-refractivity contribution in [3.05, 3.63) is 41.3 Å². The molecular weight excluding hydrogens is 372 g/mol. The second-order valence-electron chi connectivity index (χ2n) is 7.59. The largest absolute Gasteiger partial charge is 0.356 e. The maximum Gasteiger partial charge on any atom is 0.236 e. The molecule has 156 valence electrons. The second kappa shape index (κ2) is 11.4. The Labute approximate surface area is 170 Å². The van der Waals surface area contributed by atoms with Crippen LogP contribution in [0.3, 0.4) is 0 Å². The van der Waals surface area contributed by atoms with Gasteiger partial charge in [-0.3, -0.25) is 4.79 Å². The molecule has 1 aromatic carbocycles. The van der Waals surface area contributed by atoms with E-state index in [9.17, 15) is 13.2 Å². The zero-order valence-electron chi connectivity index (χ0n) is 17.1. The van der Waals surface area contributed by atoms with Gasteiger partial charge in [0.1, 0.15) is 0 Å². The fraction of sp³-hybridized carbons (Fsp3) is 0.591. The number of rotatable bonds is 10. The third kappa shape index (κ3) is 7.06. The summed E-state index contributed by atoms with van der Waals surface area (Å²) in [6.45, 7) is 5.87. The van der Waals surface area contributed by atoms with Crippen LogP contribution >= 0.6 is 0 Å². The smallest absolute Gasteiger partial charge is 0.236 e. The highest BCUT2D eigenvalue weighted by molar-refractivity contribution is 7.92. The number of hydrogen-bond donors (Lipinski definition) is 1. The lowest BCUT2D eigenvalue weighted by molar-refractivity contribution is -0.126. The number of nitrogens with zero attached hydrogens (tertiary/aromatic N) is 1. The number of carbonyl (C=O) groups is 1. The van der Waals surface area contributed by atoms with Crippen molar-refractivity contribution in [1.82, 2.24) is 9.62 Å². The highest BCUT2D eigenvalue weighted by Crippen LogP contribution is 2.21. The Morgan fingerprint density at radius 2 is 1.89 bits per heavy atom. The van der Waals surface area contributed by atoms with Gasteiger partial charge in [0.2, 0.25) is 15.9 Å². The summed E-state index contributed by atoms with van der Waals surface area (Å²) in [6, 6.07) is 9.39. The van der Waals surface area contributed by atoms with Gasteiger partial charge in [0.15, 0.2) is 0 Å². The Hall–Kier alpha value is -1.66. The first-order valence-corrected chi connectivity index (χ1v) is 12.0. The number of carbonyl (C=O) groups excluding carboxylic acids is 1. The van der Waals surface area contributed by atoms with E-state index in [1.165, 1.54) is 22.6 Å². The summed E-state index contributed by atoms with van der Waals surface area (Å²) in [7, 11) is -3.45. The van der Waals surface area contributed by atoms with Crippen molar-refractivity contribution < 1.29 is 13.2 Å². The molecule has 5 nitrogen and oxygen atoms in total. The van der Waals surface area contributed by atoms with E-state index in [0.29, 0.717) is 31.8 Å². The van der Waals surface area contributed by atoms with Gasteiger partial charge < -0.3 is 5.32 Å². The molecular formula is C22H34N2O3S. The van der Waals surface area contributed by atoms with Gasteiger partial charge in [0, 0.05) is 31.0 Å². The first-order chi connectivity index (χ1) is 13.5. The van der Waals surface area contributed by atoms with Gasteiger partial charge in [-0.1, -0.05) is 63.4 Å². The monoisotopic (exact) mass is 406 g/mol. The summed E-state index contributed by atoms with van der Waals surface area (Å²) in [5, 5.41) is 4.36. The highest BCUT2D eigenvalue weighted by atomic mass is 32.2. The van der Waals surface area contributed by atoms with E-state index in [2.05, 4.69) is 19.2 Å². The van der Waals surface area contributed by atoms with Crippen LogP contribution in [0.1, 0.15) is 57.9 Å². The molecule has 1 N–H and O–H groups in total. The number of hydrogen-bond acceptors (Lipinski definition) is 3. The van der Waals surface area contributed by atoms with Gasteiger partial charge >= 0.3 is 0 Å². The van der Waals surface area contributed by atoms with E-state index in [1.807, 2.05) is 30.3 Å². The summed E-state index contributed by atoms with van der Waals surface area (Å²) in [6.07, 6.45) is 7.38. The predicted molar refractivity (Wildman–Crippen MR) is 115 cm³/mol. The van der Waals surface area contributed by atoms with Crippen LogP contribution in [0, 0.1) is 11.8 Å². The molecule has 0 aliphatic carbocycles. The molecule has 0 spiro atoms. The van der Waals surface area contributed by atoms with Crippen molar-refractivity contribution in [2.75, 3.05) is 19.6 Å². The van der Waals surface area contributed by atoms with Gasteiger partial charge in [0.05, 0.1) is 0 Å².